The number of hydrogen-bond acceptors (Lipinski definition) is 4. The van der Waals surface area contributed by atoms with Crippen molar-refractivity contribution in [1.82, 2.24) is 20.0 Å². The highest BCUT2D eigenvalue weighted by Crippen LogP contribution is 2.19. The van der Waals surface area contributed by atoms with Crippen LogP contribution < -0.4 is 0 Å². The maximum Gasteiger partial charge on any atom is 0.141 e. The van der Waals surface area contributed by atoms with E-state index in [1.165, 1.54) is 23.1 Å². The van der Waals surface area contributed by atoms with Crippen LogP contribution in [0.2, 0.25) is 0 Å². The third kappa shape index (κ3) is 1.84. The average Bonchev–Trinajstić information content (AvgIpc) is 2.63. The molecule has 2 rings (SSSR count). The monoisotopic (exact) mass is 208 g/mol. The van der Waals surface area contributed by atoms with E-state index in [1.54, 1.807) is 7.05 Å². The molecule has 5 nitrogen and oxygen atoms in total. The minimum Gasteiger partial charge on any atom is -0.382 e. The minimum atomic E-state index is -0.965. The number of aromatic nitrogens is 4. The van der Waals surface area contributed by atoms with E-state index in [0.29, 0.717) is 11.3 Å². The lowest BCUT2D eigenvalue weighted by atomic mass is 10.1. The summed E-state index contributed by atoms with van der Waals surface area (Å²) in [6.45, 7) is 0. The van der Waals surface area contributed by atoms with Gasteiger partial charge in [-0.15, -0.1) is 5.10 Å². The molecule has 0 radical (unpaired) electrons. The molecule has 0 aliphatic rings. The van der Waals surface area contributed by atoms with Crippen LogP contribution in [-0.4, -0.2) is 25.1 Å². The Labute approximate surface area is 85.2 Å². The first kappa shape index (κ1) is 9.72. The zero-order valence-electron chi connectivity index (χ0n) is 8.00. The number of aliphatic hydroxyl groups is 1. The molecule has 0 amide bonds. The third-order valence-electron chi connectivity index (χ3n) is 2.07. The van der Waals surface area contributed by atoms with Crippen molar-refractivity contribution >= 4 is 0 Å². The molecule has 6 heteroatoms. The molecule has 0 bridgehead atoms. The van der Waals surface area contributed by atoms with Crippen LogP contribution in [0.3, 0.4) is 0 Å². The van der Waals surface area contributed by atoms with Crippen LogP contribution in [0.1, 0.15) is 17.4 Å². The fraction of sp³-hybridized carbons (Fsp3) is 0.222. The molecule has 1 unspecified atom stereocenters. The van der Waals surface area contributed by atoms with Crippen molar-refractivity contribution in [3.05, 3.63) is 41.7 Å². The van der Waals surface area contributed by atoms with Gasteiger partial charge in [-0.25, -0.2) is 9.07 Å². The van der Waals surface area contributed by atoms with Gasteiger partial charge in [0.1, 0.15) is 11.9 Å². The zero-order chi connectivity index (χ0) is 10.8. The number of hydrogen-bond donors (Lipinski definition) is 1. The summed E-state index contributed by atoms with van der Waals surface area (Å²) in [7, 11) is 1.65. The number of aryl methyl sites for hydroxylation is 1. The second-order valence-electron chi connectivity index (χ2n) is 3.12. The molecule has 0 saturated carbocycles. The van der Waals surface area contributed by atoms with Gasteiger partial charge in [0.05, 0.1) is 18.1 Å². The molecule has 2 aromatic rings. The fourth-order valence-electron chi connectivity index (χ4n) is 1.29. The van der Waals surface area contributed by atoms with E-state index < -0.39 is 11.9 Å². The van der Waals surface area contributed by atoms with Gasteiger partial charge in [-0.05, 0) is 6.07 Å². The van der Waals surface area contributed by atoms with Crippen molar-refractivity contribution in [3.63, 3.8) is 0 Å². The maximum absolute atomic E-state index is 12.9. The van der Waals surface area contributed by atoms with E-state index in [1.807, 2.05) is 0 Å². The molecule has 78 valence electrons. The van der Waals surface area contributed by atoms with Crippen LogP contribution in [0.4, 0.5) is 4.39 Å². The minimum absolute atomic E-state index is 0.375. The molecule has 0 aromatic carbocycles. The largest absolute Gasteiger partial charge is 0.382 e. The Balaban J connectivity index is 2.36. The van der Waals surface area contributed by atoms with Crippen molar-refractivity contribution in [2.45, 2.75) is 6.10 Å². The molecule has 0 spiro atoms. The maximum atomic E-state index is 12.9. The Morgan fingerprint density at radius 1 is 1.40 bits per heavy atom. The highest BCUT2D eigenvalue weighted by Gasteiger charge is 2.15. The summed E-state index contributed by atoms with van der Waals surface area (Å²) < 4.78 is 14.3. The van der Waals surface area contributed by atoms with Gasteiger partial charge >= 0.3 is 0 Å². The second kappa shape index (κ2) is 3.74. The molecule has 0 aliphatic carbocycles. The Hall–Kier alpha value is -1.82. The van der Waals surface area contributed by atoms with Gasteiger partial charge in [-0.2, -0.15) is 0 Å². The van der Waals surface area contributed by atoms with Crippen LogP contribution in [0.25, 0.3) is 0 Å². The molecule has 1 N–H and O–H groups in total. The van der Waals surface area contributed by atoms with Crippen molar-refractivity contribution in [2.24, 2.45) is 7.05 Å². The predicted octanol–water partition coefficient (Wildman–Crippen LogP) is 0.431. The Morgan fingerprint density at radius 3 is 2.80 bits per heavy atom. The van der Waals surface area contributed by atoms with E-state index in [2.05, 4.69) is 15.3 Å². The van der Waals surface area contributed by atoms with Gasteiger partial charge in [0.2, 0.25) is 0 Å². The molecule has 2 heterocycles. The van der Waals surface area contributed by atoms with Crippen LogP contribution in [0.15, 0.2) is 24.7 Å². The molecule has 0 aliphatic heterocycles. The summed E-state index contributed by atoms with van der Waals surface area (Å²) in [6.07, 6.45) is 2.95. The SMILES string of the molecule is Cn1nncc1C(O)c1cncc(F)c1. The lowest BCUT2D eigenvalue weighted by molar-refractivity contribution is 0.209. The highest BCUT2D eigenvalue weighted by molar-refractivity contribution is 5.21. The first-order valence-electron chi connectivity index (χ1n) is 4.31. The van der Waals surface area contributed by atoms with E-state index in [0.717, 1.165) is 6.20 Å². The van der Waals surface area contributed by atoms with Gasteiger partial charge in [0.25, 0.3) is 0 Å². The van der Waals surface area contributed by atoms with Crippen LogP contribution in [-0.2, 0) is 7.05 Å². The summed E-state index contributed by atoms with van der Waals surface area (Å²) in [5.74, 6) is -0.485. The predicted molar refractivity (Wildman–Crippen MR) is 49.3 cm³/mol. The van der Waals surface area contributed by atoms with Gasteiger partial charge in [-0.1, -0.05) is 5.21 Å². The summed E-state index contributed by atoms with van der Waals surface area (Å²) in [6, 6.07) is 1.23. The topological polar surface area (TPSA) is 63.8 Å². The van der Waals surface area contributed by atoms with E-state index in [9.17, 15) is 9.50 Å². The number of rotatable bonds is 2. The molecule has 15 heavy (non-hydrogen) atoms. The van der Waals surface area contributed by atoms with Gasteiger partial charge in [-0.3, -0.25) is 4.98 Å². The van der Waals surface area contributed by atoms with Gasteiger partial charge in [0, 0.05) is 18.8 Å². The van der Waals surface area contributed by atoms with E-state index in [-0.39, 0.29) is 0 Å². The van der Waals surface area contributed by atoms with Gasteiger partial charge in [0.15, 0.2) is 0 Å². The molecular formula is C9H9FN4O. The van der Waals surface area contributed by atoms with Crippen LogP contribution in [0.5, 0.6) is 0 Å². The van der Waals surface area contributed by atoms with Crippen molar-refractivity contribution < 1.29 is 9.50 Å². The summed E-state index contributed by atoms with van der Waals surface area (Å²) >= 11 is 0. The normalized spacial score (nSPS) is 12.7. The number of aliphatic hydroxyl groups excluding tert-OH is 1. The molecule has 2 aromatic heterocycles. The van der Waals surface area contributed by atoms with Gasteiger partial charge < -0.3 is 5.11 Å². The summed E-state index contributed by atoms with van der Waals surface area (Å²) in [4.78, 5) is 3.66. The second-order valence-corrected chi connectivity index (χ2v) is 3.12. The fourth-order valence-corrected chi connectivity index (χ4v) is 1.29. The Morgan fingerprint density at radius 2 is 2.20 bits per heavy atom. The lowest BCUT2D eigenvalue weighted by Gasteiger charge is -2.09. The lowest BCUT2D eigenvalue weighted by Crippen LogP contribution is -2.07. The molecule has 0 fully saturated rings. The first-order valence-corrected chi connectivity index (χ1v) is 4.31. The summed E-state index contributed by atoms with van der Waals surface area (Å²) in [5, 5.41) is 17.2. The molecule has 1 atom stereocenters. The molecule has 0 saturated heterocycles. The quantitative estimate of drug-likeness (QED) is 0.777. The zero-order valence-corrected chi connectivity index (χ0v) is 8.00. The Kier molecular flexibility index (Phi) is 2.42. The number of pyridine rings is 1. The first-order chi connectivity index (χ1) is 7.18. The van der Waals surface area contributed by atoms with Crippen molar-refractivity contribution in [2.75, 3.05) is 0 Å². The van der Waals surface area contributed by atoms with Crippen molar-refractivity contribution in [3.8, 4) is 0 Å². The molecular weight excluding hydrogens is 199 g/mol. The average molecular weight is 208 g/mol. The standard InChI is InChI=1S/C9H9FN4O/c1-14-8(5-12-13-14)9(15)6-2-7(10)4-11-3-6/h2-5,9,15H,1H3. The number of halogens is 1. The highest BCUT2D eigenvalue weighted by atomic mass is 19.1. The Bertz CT molecular complexity index is 471. The van der Waals surface area contributed by atoms with Crippen molar-refractivity contribution in [1.29, 1.82) is 0 Å². The van der Waals surface area contributed by atoms with Crippen LogP contribution >= 0.6 is 0 Å². The van der Waals surface area contributed by atoms with E-state index in [4.69, 9.17) is 0 Å². The van der Waals surface area contributed by atoms with Crippen LogP contribution in [0, 0.1) is 5.82 Å². The number of nitrogens with zero attached hydrogens (tertiary/aromatic N) is 4. The summed E-state index contributed by atoms with van der Waals surface area (Å²) in [5.41, 5.74) is 0.864. The third-order valence-corrected chi connectivity index (χ3v) is 2.07. The van der Waals surface area contributed by atoms with E-state index >= 15 is 0 Å². The smallest absolute Gasteiger partial charge is 0.141 e.